The van der Waals surface area contributed by atoms with E-state index in [1.54, 1.807) is 11.3 Å². The molecule has 1 heterocycles. The minimum absolute atomic E-state index is 0. The number of nitrogens with two attached hydrogens (primary N) is 1. The third kappa shape index (κ3) is 4.59. The summed E-state index contributed by atoms with van der Waals surface area (Å²) in [4.78, 5) is 16.6. The monoisotopic (exact) mass is 290 g/mol. The van der Waals surface area contributed by atoms with Crippen LogP contribution in [0.25, 0.3) is 0 Å². The number of carbonyl (C=O) groups is 1. The summed E-state index contributed by atoms with van der Waals surface area (Å²) in [5, 5.41) is 0. The topological polar surface area (TPSA) is 46.3 Å². The van der Waals surface area contributed by atoms with E-state index in [0.29, 0.717) is 13.1 Å². The van der Waals surface area contributed by atoms with E-state index in [9.17, 15) is 4.79 Å². The summed E-state index contributed by atoms with van der Waals surface area (Å²) in [6.07, 6.45) is 0. The molecule has 1 atom stereocenters. The van der Waals surface area contributed by atoms with E-state index in [4.69, 9.17) is 5.73 Å². The molecule has 104 valence electrons. The first-order chi connectivity index (χ1) is 7.95. The highest BCUT2D eigenvalue weighted by Gasteiger charge is 2.22. The van der Waals surface area contributed by atoms with Crippen molar-refractivity contribution in [3.63, 3.8) is 0 Å². The zero-order valence-corrected chi connectivity index (χ0v) is 13.1. The summed E-state index contributed by atoms with van der Waals surface area (Å²) in [7, 11) is 0. The van der Waals surface area contributed by atoms with Crippen molar-refractivity contribution in [2.75, 3.05) is 6.54 Å². The maximum atomic E-state index is 12.2. The van der Waals surface area contributed by atoms with Crippen LogP contribution in [0.15, 0.2) is 12.1 Å². The number of nitrogens with zero attached hydrogens (tertiary/aromatic N) is 1. The molecule has 0 fully saturated rings. The van der Waals surface area contributed by atoms with Gasteiger partial charge in [-0.1, -0.05) is 6.92 Å². The molecule has 3 nitrogen and oxygen atoms in total. The van der Waals surface area contributed by atoms with Gasteiger partial charge in [0.05, 0.1) is 6.54 Å². The number of rotatable bonds is 5. The Hall–Kier alpha value is -0.580. The zero-order valence-electron chi connectivity index (χ0n) is 11.5. The largest absolute Gasteiger partial charge is 0.335 e. The van der Waals surface area contributed by atoms with Crippen LogP contribution in [-0.4, -0.2) is 23.4 Å². The van der Waals surface area contributed by atoms with Crippen molar-refractivity contribution in [2.24, 2.45) is 11.7 Å². The number of aryl methyl sites for hydroxylation is 1. The van der Waals surface area contributed by atoms with Gasteiger partial charge in [-0.25, -0.2) is 0 Å². The first kappa shape index (κ1) is 17.4. The SMILES string of the molecule is Cc1ccc(CN(C(=O)C(C)CN)C(C)C)s1.Cl. The molecule has 2 N–H and O–H groups in total. The maximum absolute atomic E-state index is 12.2. The van der Waals surface area contributed by atoms with Crippen LogP contribution in [-0.2, 0) is 11.3 Å². The molecule has 1 unspecified atom stereocenters. The van der Waals surface area contributed by atoms with Gasteiger partial charge in [-0.05, 0) is 32.9 Å². The number of amides is 1. The van der Waals surface area contributed by atoms with Crippen molar-refractivity contribution in [3.05, 3.63) is 21.9 Å². The molecule has 0 saturated heterocycles. The van der Waals surface area contributed by atoms with Gasteiger partial charge < -0.3 is 10.6 Å². The number of hydrogen-bond donors (Lipinski definition) is 1. The number of hydrogen-bond acceptors (Lipinski definition) is 3. The molecule has 1 amide bonds. The van der Waals surface area contributed by atoms with Crippen molar-refractivity contribution < 1.29 is 4.79 Å². The third-order valence-corrected chi connectivity index (χ3v) is 3.79. The molecular weight excluding hydrogens is 268 g/mol. The molecule has 0 aliphatic carbocycles. The molecule has 1 rings (SSSR count). The first-order valence-electron chi connectivity index (χ1n) is 6.01. The minimum Gasteiger partial charge on any atom is -0.335 e. The van der Waals surface area contributed by atoms with Crippen LogP contribution >= 0.6 is 23.7 Å². The van der Waals surface area contributed by atoms with Crippen LogP contribution in [0.4, 0.5) is 0 Å². The summed E-state index contributed by atoms with van der Waals surface area (Å²) in [6, 6.07) is 4.39. The predicted molar refractivity (Wildman–Crippen MR) is 80.2 cm³/mol. The second-order valence-corrected chi connectivity index (χ2v) is 6.08. The Morgan fingerprint density at radius 1 is 1.39 bits per heavy atom. The lowest BCUT2D eigenvalue weighted by Gasteiger charge is -2.28. The van der Waals surface area contributed by atoms with Gasteiger partial charge in [0.1, 0.15) is 0 Å². The van der Waals surface area contributed by atoms with Crippen LogP contribution in [0, 0.1) is 12.8 Å². The van der Waals surface area contributed by atoms with Gasteiger partial charge in [0.25, 0.3) is 0 Å². The summed E-state index contributed by atoms with van der Waals surface area (Å²) in [5.41, 5.74) is 5.56. The second kappa shape index (κ2) is 7.77. The van der Waals surface area contributed by atoms with Crippen LogP contribution in [0.2, 0.25) is 0 Å². The van der Waals surface area contributed by atoms with E-state index in [1.165, 1.54) is 9.75 Å². The molecule has 0 aliphatic rings. The van der Waals surface area contributed by atoms with Crippen molar-refractivity contribution in [1.82, 2.24) is 4.90 Å². The fourth-order valence-corrected chi connectivity index (χ4v) is 2.53. The Morgan fingerprint density at radius 3 is 2.39 bits per heavy atom. The normalized spacial score (nSPS) is 12.1. The lowest BCUT2D eigenvalue weighted by molar-refractivity contribution is -0.137. The van der Waals surface area contributed by atoms with Crippen LogP contribution in [0.1, 0.15) is 30.5 Å². The fraction of sp³-hybridized carbons (Fsp3) is 0.615. The van der Waals surface area contributed by atoms with Gasteiger partial charge in [0.2, 0.25) is 5.91 Å². The van der Waals surface area contributed by atoms with E-state index in [0.717, 1.165) is 0 Å². The van der Waals surface area contributed by atoms with Crippen LogP contribution in [0.5, 0.6) is 0 Å². The minimum atomic E-state index is -0.0986. The Labute approximate surface area is 120 Å². The second-order valence-electron chi connectivity index (χ2n) is 4.71. The molecule has 1 aromatic rings. The average molecular weight is 291 g/mol. The molecule has 0 bridgehead atoms. The molecular formula is C13H23ClN2OS. The fourth-order valence-electron chi connectivity index (χ4n) is 1.64. The first-order valence-corrected chi connectivity index (χ1v) is 6.83. The van der Waals surface area contributed by atoms with Gasteiger partial charge >= 0.3 is 0 Å². The lowest BCUT2D eigenvalue weighted by Crippen LogP contribution is -2.41. The van der Waals surface area contributed by atoms with Gasteiger partial charge in [0, 0.05) is 28.3 Å². The molecule has 0 radical (unpaired) electrons. The van der Waals surface area contributed by atoms with Gasteiger partial charge in [-0.2, -0.15) is 0 Å². The lowest BCUT2D eigenvalue weighted by atomic mass is 10.1. The quantitative estimate of drug-likeness (QED) is 0.906. The average Bonchev–Trinajstić information content (AvgIpc) is 2.69. The van der Waals surface area contributed by atoms with E-state index in [2.05, 4.69) is 19.1 Å². The highest BCUT2D eigenvalue weighted by Crippen LogP contribution is 2.19. The van der Waals surface area contributed by atoms with E-state index < -0.39 is 0 Å². The van der Waals surface area contributed by atoms with Gasteiger partial charge in [0.15, 0.2) is 0 Å². The molecule has 0 aliphatic heterocycles. The Kier molecular flexibility index (Phi) is 7.52. The highest BCUT2D eigenvalue weighted by molar-refractivity contribution is 7.11. The van der Waals surface area contributed by atoms with Crippen LogP contribution in [0.3, 0.4) is 0 Å². The van der Waals surface area contributed by atoms with Crippen molar-refractivity contribution in [3.8, 4) is 0 Å². The van der Waals surface area contributed by atoms with Crippen molar-refractivity contribution in [1.29, 1.82) is 0 Å². The Bertz CT molecular complexity index is 379. The standard InChI is InChI=1S/C13H22N2OS.ClH/c1-9(2)15(13(16)10(3)7-14)8-12-6-5-11(4)17-12;/h5-6,9-10H,7-8,14H2,1-4H3;1H. The van der Waals surface area contributed by atoms with Gasteiger partial charge in [-0.15, -0.1) is 23.7 Å². The summed E-state index contributed by atoms with van der Waals surface area (Å²) in [5.74, 6) is 0.0482. The maximum Gasteiger partial charge on any atom is 0.227 e. The third-order valence-electron chi connectivity index (χ3n) is 2.80. The van der Waals surface area contributed by atoms with E-state index >= 15 is 0 Å². The number of thiophene rings is 1. The van der Waals surface area contributed by atoms with Gasteiger partial charge in [-0.3, -0.25) is 4.79 Å². The molecule has 18 heavy (non-hydrogen) atoms. The van der Waals surface area contributed by atoms with Crippen molar-refractivity contribution in [2.45, 2.75) is 40.3 Å². The van der Waals surface area contributed by atoms with Crippen LogP contribution < -0.4 is 5.73 Å². The molecule has 0 saturated carbocycles. The highest BCUT2D eigenvalue weighted by atomic mass is 35.5. The molecule has 0 aromatic carbocycles. The van der Waals surface area contributed by atoms with Crippen molar-refractivity contribution >= 4 is 29.7 Å². The summed E-state index contributed by atoms with van der Waals surface area (Å²) in [6.45, 7) is 9.16. The smallest absolute Gasteiger partial charge is 0.227 e. The predicted octanol–water partition coefficient (Wildman–Crippen LogP) is 2.81. The number of carbonyl (C=O) groups excluding carboxylic acids is 1. The Morgan fingerprint density at radius 2 is 2.00 bits per heavy atom. The molecule has 5 heteroatoms. The molecule has 0 spiro atoms. The van der Waals surface area contributed by atoms with E-state index in [-0.39, 0.29) is 30.3 Å². The molecule has 1 aromatic heterocycles. The van der Waals surface area contributed by atoms with E-state index in [1.807, 2.05) is 25.7 Å². The Balaban J connectivity index is 0.00000289. The number of halogens is 1. The summed E-state index contributed by atoms with van der Waals surface area (Å²) < 4.78 is 0. The zero-order chi connectivity index (χ0) is 13.0. The summed E-state index contributed by atoms with van der Waals surface area (Å²) >= 11 is 1.75.